The van der Waals surface area contributed by atoms with Crippen molar-refractivity contribution in [3.63, 3.8) is 0 Å². The van der Waals surface area contributed by atoms with Crippen molar-refractivity contribution in [2.45, 2.75) is 25.4 Å². The Morgan fingerprint density at radius 3 is 2.68 bits per heavy atom. The quantitative estimate of drug-likeness (QED) is 0.847. The molecule has 1 aromatic rings. The SMILES string of the molecule is CC(CCNC(=O)N(C)CCO)c1cccc(C(F)(F)F)c1. The Kier molecular flexibility index (Phi) is 6.67. The van der Waals surface area contributed by atoms with Crippen LogP contribution in [0, 0.1) is 0 Å². The highest BCUT2D eigenvalue weighted by Crippen LogP contribution is 2.31. The number of aliphatic hydroxyl groups is 1. The van der Waals surface area contributed by atoms with Gasteiger partial charge in [0.2, 0.25) is 0 Å². The highest BCUT2D eigenvalue weighted by Gasteiger charge is 2.30. The van der Waals surface area contributed by atoms with Crippen molar-refractivity contribution >= 4 is 6.03 Å². The number of nitrogens with one attached hydrogen (secondary N) is 1. The summed E-state index contributed by atoms with van der Waals surface area (Å²) in [4.78, 5) is 12.9. The second-order valence-corrected chi connectivity index (χ2v) is 5.19. The molecule has 0 spiro atoms. The molecular formula is C15H21F3N2O2. The number of halogens is 3. The van der Waals surface area contributed by atoms with Gasteiger partial charge in [0.1, 0.15) is 0 Å². The minimum atomic E-state index is -4.35. The van der Waals surface area contributed by atoms with Crippen molar-refractivity contribution in [2.24, 2.45) is 0 Å². The lowest BCUT2D eigenvalue weighted by Crippen LogP contribution is -2.39. The first-order valence-corrected chi connectivity index (χ1v) is 7.02. The topological polar surface area (TPSA) is 52.6 Å². The minimum absolute atomic E-state index is 0.106. The number of urea groups is 1. The Labute approximate surface area is 127 Å². The maximum atomic E-state index is 12.7. The Morgan fingerprint density at radius 2 is 2.09 bits per heavy atom. The summed E-state index contributed by atoms with van der Waals surface area (Å²) in [5.74, 6) is -0.106. The number of nitrogens with zero attached hydrogens (tertiary/aromatic N) is 1. The molecule has 2 N–H and O–H groups in total. The largest absolute Gasteiger partial charge is 0.416 e. The predicted molar refractivity (Wildman–Crippen MR) is 77.6 cm³/mol. The Balaban J connectivity index is 2.52. The molecule has 1 aromatic carbocycles. The van der Waals surface area contributed by atoms with E-state index < -0.39 is 11.7 Å². The molecule has 0 aliphatic heterocycles. The minimum Gasteiger partial charge on any atom is -0.395 e. The summed E-state index contributed by atoms with van der Waals surface area (Å²) < 4.78 is 38.0. The molecule has 1 unspecified atom stereocenters. The average molecular weight is 318 g/mol. The van der Waals surface area contributed by atoms with Gasteiger partial charge in [0.15, 0.2) is 0 Å². The number of carbonyl (C=O) groups is 1. The highest BCUT2D eigenvalue weighted by atomic mass is 19.4. The molecule has 22 heavy (non-hydrogen) atoms. The van der Waals surface area contributed by atoms with Crippen LogP contribution >= 0.6 is 0 Å². The third-order valence-corrected chi connectivity index (χ3v) is 3.42. The molecule has 0 heterocycles. The molecule has 124 valence electrons. The zero-order chi connectivity index (χ0) is 16.8. The van der Waals surface area contributed by atoms with Gasteiger partial charge >= 0.3 is 12.2 Å². The van der Waals surface area contributed by atoms with Crippen LogP contribution in [-0.2, 0) is 6.18 Å². The van der Waals surface area contributed by atoms with Gasteiger partial charge in [-0.25, -0.2) is 4.79 Å². The lowest BCUT2D eigenvalue weighted by Gasteiger charge is -2.18. The molecule has 7 heteroatoms. The normalized spacial score (nSPS) is 12.8. The molecule has 4 nitrogen and oxygen atoms in total. The number of benzene rings is 1. The summed E-state index contributed by atoms with van der Waals surface area (Å²) in [5.41, 5.74) is -0.0728. The smallest absolute Gasteiger partial charge is 0.395 e. The molecular weight excluding hydrogens is 297 g/mol. The van der Waals surface area contributed by atoms with Crippen LogP contribution in [0.1, 0.15) is 30.4 Å². The summed E-state index contributed by atoms with van der Waals surface area (Å²) in [7, 11) is 1.56. The van der Waals surface area contributed by atoms with Gasteiger partial charge < -0.3 is 15.3 Å². The second-order valence-electron chi connectivity index (χ2n) is 5.19. The first-order chi connectivity index (χ1) is 10.3. The van der Waals surface area contributed by atoms with E-state index in [9.17, 15) is 18.0 Å². The lowest BCUT2D eigenvalue weighted by atomic mass is 9.96. The van der Waals surface area contributed by atoms with Crippen molar-refractivity contribution in [2.75, 3.05) is 26.7 Å². The van der Waals surface area contributed by atoms with Gasteiger partial charge in [0, 0.05) is 20.1 Å². The monoisotopic (exact) mass is 318 g/mol. The molecule has 1 atom stereocenters. The molecule has 0 fully saturated rings. The van der Waals surface area contributed by atoms with Crippen molar-refractivity contribution < 1.29 is 23.1 Å². The highest BCUT2D eigenvalue weighted by molar-refractivity contribution is 5.73. The maximum absolute atomic E-state index is 12.7. The van der Waals surface area contributed by atoms with E-state index in [1.165, 1.54) is 11.0 Å². The zero-order valence-electron chi connectivity index (χ0n) is 12.7. The number of carbonyl (C=O) groups excluding carboxylic acids is 1. The summed E-state index contributed by atoms with van der Waals surface area (Å²) in [5, 5.41) is 11.4. The summed E-state index contributed by atoms with van der Waals surface area (Å²) >= 11 is 0. The van der Waals surface area contributed by atoms with Crippen LogP contribution in [0.2, 0.25) is 0 Å². The summed E-state index contributed by atoms with van der Waals surface area (Å²) in [6, 6.07) is 4.92. The van der Waals surface area contributed by atoms with Gasteiger partial charge in [-0.3, -0.25) is 0 Å². The van der Waals surface area contributed by atoms with E-state index in [4.69, 9.17) is 5.11 Å². The van der Waals surface area contributed by atoms with E-state index in [0.29, 0.717) is 18.5 Å². The third kappa shape index (κ3) is 5.55. The molecule has 0 aromatic heterocycles. The maximum Gasteiger partial charge on any atom is 0.416 e. The van der Waals surface area contributed by atoms with Crippen molar-refractivity contribution in [1.82, 2.24) is 10.2 Å². The molecule has 2 amide bonds. The van der Waals surface area contributed by atoms with Gasteiger partial charge in [-0.2, -0.15) is 13.2 Å². The molecule has 0 saturated heterocycles. The molecule has 0 saturated carbocycles. The standard InChI is InChI=1S/C15H21F3N2O2/c1-11(6-7-19-14(22)20(2)8-9-21)12-4-3-5-13(10-12)15(16,17)18/h3-5,10-11,21H,6-9H2,1-2H3,(H,19,22). The van der Waals surface area contributed by atoms with Crippen LogP contribution in [0.15, 0.2) is 24.3 Å². The van der Waals surface area contributed by atoms with Crippen LogP contribution < -0.4 is 5.32 Å². The van der Waals surface area contributed by atoms with Crippen molar-refractivity contribution in [3.8, 4) is 0 Å². The van der Waals surface area contributed by atoms with Crippen LogP contribution in [0.4, 0.5) is 18.0 Å². The van der Waals surface area contributed by atoms with E-state index in [1.54, 1.807) is 13.1 Å². The number of likely N-dealkylation sites (N-methyl/N-ethyl adjacent to an activating group) is 1. The fourth-order valence-corrected chi connectivity index (χ4v) is 1.97. The van der Waals surface area contributed by atoms with E-state index in [2.05, 4.69) is 5.32 Å². The fraction of sp³-hybridized carbons (Fsp3) is 0.533. The number of hydrogen-bond acceptors (Lipinski definition) is 2. The van der Waals surface area contributed by atoms with E-state index in [0.717, 1.165) is 12.1 Å². The van der Waals surface area contributed by atoms with Crippen molar-refractivity contribution in [1.29, 1.82) is 0 Å². The summed E-state index contributed by atoms with van der Waals surface area (Å²) in [6.45, 7) is 2.28. The fourth-order valence-electron chi connectivity index (χ4n) is 1.97. The molecule has 1 rings (SSSR count). The Morgan fingerprint density at radius 1 is 1.41 bits per heavy atom. The van der Waals surface area contributed by atoms with Gasteiger partial charge in [-0.15, -0.1) is 0 Å². The number of alkyl halides is 3. The van der Waals surface area contributed by atoms with Gasteiger partial charge in [0.25, 0.3) is 0 Å². The van der Waals surface area contributed by atoms with Gasteiger partial charge in [-0.05, 0) is 24.0 Å². The number of hydrogen-bond donors (Lipinski definition) is 2. The number of rotatable bonds is 6. The van der Waals surface area contributed by atoms with Crippen molar-refractivity contribution in [3.05, 3.63) is 35.4 Å². The van der Waals surface area contributed by atoms with Crippen LogP contribution in [-0.4, -0.2) is 42.8 Å². The summed E-state index contributed by atoms with van der Waals surface area (Å²) in [6.07, 6.45) is -3.82. The van der Waals surface area contributed by atoms with E-state index in [1.807, 2.05) is 6.92 Å². The lowest BCUT2D eigenvalue weighted by molar-refractivity contribution is -0.137. The molecule has 0 radical (unpaired) electrons. The van der Waals surface area contributed by atoms with Crippen LogP contribution in [0.5, 0.6) is 0 Å². The average Bonchev–Trinajstić information content (AvgIpc) is 2.46. The Hall–Kier alpha value is -1.76. The van der Waals surface area contributed by atoms with E-state index >= 15 is 0 Å². The number of aliphatic hydroxyl groups excluding tert-OH is 1. The number of amides is 2. The zero-order valence-corrected chi connectivity index (χ0v) is 12.7. The second kappa shape index (κ2) is 8.03. The predicted octanol–water partition coefficient (Wildman–Crippen LogP) is 2.83. The van der Waals surface area contributed by atoms with Crippen LogP contribution in [0.25, 0.3) is 0 Å². The first kappa shape index (κ1) is 18.3. The van der Waals surface area contributed by atoms with Crippen LogP contribution in [0.3, 0.4) is 0 Å². The van der Waals surface area contributed by atoms with Gasteiger partial charge in [-0.1, -0.05) is 25.1 Å². The van der Waals surface area contributed by atoms with Gasteiger partial charge in [0.05, 0.1) is 12.2 Å². The Bertz CT molecular complexity index is 492. The van der Waals surface area contributed by atoms with E-state index in [-0.39, 0.29) is 25.1 Å². The first-order valence-electron chi connectivity index (χ1n) is 7.02. The molecule has 0 bridgehead atoms. The third-order valence-electron chi connectivity index (χ3n) is 3.42. The molecule has 0 aliphatic carbocycles. The molecule has 0 aliphatic rings.